The molecule has 2 aromatic carbocycles. The Morgan fingerprint density at radius 3 is 1.63 bits per heavy atom. The molecule has 0 saturated carbocycles. The van der Waals surface area contributed by atoms with Crippen molar-refractivity contribution in [1.29, 1.82) is 0 Å². The zero-order valence-electron chi connectivity index (χ0n) is 40.3. The molecule has 3 N–H and O–H groups in total. The van der Waals surface area contributed by atoms with Gasteiger partial charge in [-0.2, -0.15) is 43.2 Å². The molecule has 0 spiro atoms. The van der Waals surface area contributed by atoms with Crippen LogP contribution in [0.3, 0.4) is 0 Å². The molecule has 7 heterocycles. The minimum atomic E-state index is -4.85. The highest BCUT2D eigenvalue weighted by Gasteiger charge is 2.36. The zero-order chi connectivity index (χ0) is 54.4. The number of pyridine rings is 3. The van der Waals surface area contributed by atoms with Crippen molar-refractivity contribution in [2.75, 3.05) is 16.0 Å². The number of aryl methyl sites for hydroxylation is 4. The second-order valence-electron chi connectivity index (χ2n) is 17.5. The Morgan fingerprint density at radius 1 is 0.553 bits per heavy atom. The molecule has 1 unspecified atom stereocenters. The van der Waals surface area contributed by atoms with E-state index in [0.29, 0.717) is 35.8 Å². The molecule has 1 aliphatic heterocycles. The molecule has 9 rings (SSSR count). The predicted octanol–water partition coefficient (Wildman–Crippen LogP) is 9.31. The maximum absolute atomic E-state index is 14.2. The summed E-state index contributed by atoms with van der Waals surface area (Å²) in [7, 11) is -12.8. The van der Waals surface area contributed by atoms with Crippen LogP contribution in [-0.2, 0) is 61.7 Å². The Morgan fingerprint density at radius 2 is 1.07 bits per heavy atom. The van der Waals surface area contributed by atoms with Crippen molar-refractivity contribution in [2.24, 2.45) is 0 Å². The number of anilines is 2. The van der Waals surface area contributed by atoms with E-state index in [2.05, 4.69) is 29.1 Å². The van der Waals surface area contributed by atoms with Crippen molar-refractivity contribution in [3.8, 4) is 29.0 Å². The van der Waals surface area contributed by atoms with Crippen molar-refractivity contribution < 1.29 is 61.1 Å². The Hall–Kier alpha value is -7.68. The molecular formula is C50H45F6N9O8S3. The quantitative estimate of drug-likeness (QED) is 0.0690. The Kier molecular flexibility index (Phi) is 14.3. The summed E-state index contributed by atoms with van der Waals surface area (Å²) in [6, 6.07) is 22.1. The number of sulfonamides is 3. The van der Waals surface area contributed by atoms with Gasteiger partial charge in [-0.3, -0.25) is 23.1 Å². The molecular weight excluding hydrogens is 1060 g/mol. The fourth-order valence-electron chi connectivity index (χ4n) is 8.46. The molecule has 6 aromatic heterocycles. The van der Waals surface area contributed by atoms with E-state index in [4.69, 9.17) is 9.47 Å². The minimum absolute atomic E-state index is 0.0312. The molecule has 0 aliphatic carbocycles. The number of aromatic nitrogens is 6. The highest BCUT2D eigenvalue weighted by molar-refractivity contribution is 7.93. The highest BCUT2D eigenvalue weighted by Crippen LogP contribution is 2.40. The van der Waals surface area contributed by atoms with Crippen LogP contribution in [0.15, 0.2) is 149 Å². The number of ether oxygens (including phenoxy) is 2. The Labute approximate surface area is 432 Å². The van der Waals surface area contributed by atoms with Crippen molar-refractivity contribution in [3.05, 3.63) is 173 Å². The lowest BCUT2D eigenvalue weighted by atomic mass is 9.99. The maximum Gasteiger partial charge on any atom is 0.417 e. The highest BCUT2D eigenvalue weighted by atomic mass is 32.2. The largest absolute Gasteiger partial charge is 0.451 e. The predicted molar refractivity (Wildman–Crippen MR) is 266 cm³/mol. The fraction of sp³-hybridized carbons (Fsp3) is 0.220. The molecule has 398 valence electrons. The normalized spacial score (nSPS) is 14.0. The van der Waals surface area contributed by atoms with Gasteiger partial charge in [0.05, 0.1) is 23.2 Å². The Balaban J connectivity index is 0.927. The van der Waals surface area contributed by atoms with Crippen molar-refractivity contribution in [2.45, 2.75) is 80.2 Å². The summed E-state index contributed by atoms with van der Waals surface area (Å²) in [6.07, 6.45) is -3.76. The molecule has 1 atom stereocenters. The maximum atomic E-state index is 14.2. The average molecular weight is 1110 g/mol. The van der Waals surface area contributed by atoms with Crippen LogP contribution >= 0.6 is 0 Å². The third kappa shape index (κ3) is 11.1. The van der Waals surface area contributed by atoms with Gasteiger partial charge in [-0.25, -0.2) is 28.1 Å². The summed E-state index contributed by atoms with van der Waals surface area (Å²) in [4.78, 5) is 12.4. The number of hydrogen-bond donors (Lipinski definition) is 3. The number of halogens is 6. The smallest absolute Gasteiger partial charge is 0.417 e. The van der Waals surface area contributed by atoms with E-state index in [-0.39, 0.29) is 75.1 Å². The van der Waals surface area contributed by atoms with Gasteiger partial charge in [0, 0.05) is 61.0 Å². The summed E-state index contributed by atoms with van der Waals surface area (Å²) in [5, 5.41) is -0.741. The van der Waals surface area contributed by atoms with Crippen LogP contribution in [0.25, 0.3) is 17.5 Å². The van der Waals surface area contributed by atoms with Gasteiger partial charge in [0.1, 0.15) is 17.5 Å². The van der Waals surface area contributed by atoms with Crippen molar-refractivity contribution in [3.63, 3.8) is 0 Å². The fourth-order valence-corrected chi connectivity index (χ4v) is 12.2. The molecule has 0 radical (unpaired) electrons. The van der Waals surface area contributed by atoms with Crippen LogP contribution in [0.5, 0.6) is 11.5 Å². The van der Waals surface area contributed by atoms with Gasteiger partial charge >= 0.3 is 12.4 Å². The topological polar surface area (TPSA) is 210 Å². The van der Waals surface area contributed by atoms with Gasteiger partial charge in [-0.05, 0) is 134 Å². The molecule has 17 nitrogen and oxygen atoms in total. The molecule has 1 aliphatic rings. The number of benzene rings is 2. The number of rotatable bonds is 18. The standard InChI is InChI=1S/C50H45F6N9O8S3/c1-4-19-60-74(66,67)42-10-6-22-64(42)47-34(25-36(29-58-47)49(51,52)53)14-13-33-15-16-38(24-32(33)3)61-76(70,71)44-12-8-23-65(44)48-35(26-37(30-59-48)50(54,55)56)27-45-72-40-18-17-39(28-41(40)73-45)62-75(68,69)43-11-7-21-63(43)46-31(2)9-5-20-57-46/h5-12,15-18,20-26,28-30,45,60-62H,4,13-14,19,27H2,1-3H3. The minimum Gasteiger partial charge on any atom is -0.451 e. The van der Waals surface area contributed by atoms with E-state index >= 15 is 0 Å². The van der Waals surface area contributed by atoms with Crippen molar-refractivity contribution >= 4 is 41.4 Å². The second-order valence-corrected chi connectivity index (χ2v) is 22.5. The lowest BCUT2D eigenvalue weighted by molar-refractivity contribution is -0.138. The Bertz CT molecular complexity index is 3840. The number of nitrogens with one attached hydrogen (secondary N) is 3. The average Bonchev–Trinajstić information content (AvgIpc) is 4.21. The van der Waals surface area contributed by atoms with Gasteiger partial charge in [-0.15, -0.1) is 0 Å². The van der Waals surface area contributed by atoms with E-state index in [0.717, 1.165) is 22.3 Å². The first-order chi connectivity index (χ1) is 35.9. The third-order valence-electron chi connectivity index (χ3n) is 12.1. The lowest BCUT2D eigenvalue weighted by Crippen LogP contribution is -2.26. The SMILES string of the molecule is CCCNS(=O)(=O)c1cccn1-c1ncc(C(F)(F)F)cc1CCc1ccc(NS(=O)(=O)c2cccn2-c2ncc(C(F)(F)F)cc2CC2Oc3ccc(NS(=O)(=O)c4cccn4-c4ncccc4C)cc3O2)cc1C. The van der Waals surface area contributed by atoms with Crippen LogP contribution in [0.1, 0.15) is 52.3 Å². The van der Waals surface area contributed by atoms with Gasteiger partial charge in [0.25, 0.3) is 30.1 Å². The molecule has 0 bridgehead atoms. The van der Waals surface area contributed by atoms with E-state index < -0.39 is 71.3 Å². The summed E-state index contributed by atoms with van der Waals surface area (Å²) >= 11 is 0. The number of alkyl halides is 6. The number of fused-ring (bicyclic) bond motifs is 1. The van der Waals surface area contributed by atoms with Crippen LogP contribution in [0.4, 0.5) is 37.7 Å². The van der Waals surface area contributed by atoms with Gasteiger partial charge in [-0.1, -0.05) is 19.1 Å². The summed E-state index contributed by atoms with van der Waals surface area (Å²) < 4.78 is 189. The summed E-state index contributed by atoms with van der Waals surface area (Å²) in [5.74, 6) is 0.371. The first-order valence-corrected chi connectivity index (χ1v) is 27.6. The van der Waals surface area contributed by atoms with Crippen LogP contribution in [0, 0.1) is 13.8 Å². The molecule has 0 amide bonds. The number of hydrogen-bond acceptors (Lipinski definition) is 11. The summed E-state index contributed by atoms with van der Waals surface area (Å²) in [6.45, 7) is 5.34. The van der Waals surface area contributed by atoms with Gasteiger partial charge in [0.2, 0.25) is 6.29 Å². The molecule has 8 aromatic rings. The second kappa shape index (κ2) is 20.5. The van der Waals surface area contributed by atoms with E-state index in [1.165, 1.54) is 88.4 Å². The third-order valence-corrected chi connectivity index (χ3v) is 16.3. The zero-order valence-corrected chi connectivity index (χ0v) is 42.7. The lowest BCUT2D eigenvalue weighted by Gasteiger charge is -2.18. The first kappa shape index (κ1) is 53.2. The van der Waals surface area contributed by atoms with Gasteiger partial charge < -0.3 is 9.47 Å². The van der Waals surface area contributed by atoms with Gasteiger partial charge in [0.15, 0.2) is 26.6 Å². The van der Waals surface area contributed by atoms with Crippen LogP contribution in [0.2, 0.25) is 0 Å². The first-order valence-electron chi connectivity index (χ1n) is 23.1. The van der Waals surface area contributed by atoms with E-state index in [9.17, 15) is 51.6 Å². The van der Waals surface area contributed by atoms with Crippen molar-refractivity contribution in [1.82, 2.24) is 33.4 Å². The van der Waals surface area contributed by atoms with Crippen LogP contribution in [-0.4, -0.2) is 66.7 Å². The van der Waals surface area contributed by atoms with Crippen LogP contribution < -0.4 is 23.6 Å². The molecule has 0 saturated heterocycles. The molecule has 76 heavy (non-hydrogen) atoms. The van der Waals surface area contributed by atoms with E-state index in [1.807, 2.05) is 0 Å². The van der Waals surface area contributed by atoms with E-state index in [1.54, 1.807) is 51.2 Å². The molecule has 0 fully saturated rings. The number of nitrogens with zero attached hydrogens (tertiary/aromatic N) is 6. The summed E-state index contributed by atoms with van der Waals surface area (Å²) in [5.41, 5.74) is -0.210. The monoisotopic (exact) mass is 1110 g/mol. The molecule has 26 heteroatoms.